The van der Waals surface area contributed by atoms with Crippen LogP contribution in [0.5, 0.6) is 0 Å². The summed E-state index contributed by atoms with van der Waals surface area (Å²) >= 11 is 0. The molecule has 0 heterocycles. The van der Waals surface area contributed by atoms with Crippen LogP contribution in [-0.4, -0.2) is 16.7 Å². The predicted molar refractivity (Wildman–Crippen MR) is 69.3 cm³/mol. The molecule has 0 bridgehead atoms. The van der Waals surface area contributed by atoms with Gasteiger partial charge in [0.15, 0.2) is 0 Å². The van der Waals surface area contributed by atoms with Crippen molar-refractivity contribution in [2.75, 3.05) is 0 Å². The van der Waals surface area contributed by atoms with Gasteiger partial charge >= 0.3 is 0 Å². The quantitative estimate of drug-likeness (QED) is 0.732. The average Bonchev–Trinajstić information content (AvgIpc) is 2.29. The maximum absolute atomic E-state index is 10.5. The molecule has 16 heavy (non-hydrogen) atoms. The molecule has 2 heteroatoms. The van der Waals surface area contributed by atoms with Gasteiger partial charge in [0.2, 0.25) is 0 Å². The monoisotopic (exact) mass is 227 g/mol. The Morgan fingerprint density at radius 3 is 2.44 bits per heavy atom. The van der Waals surface area contributed by atoms with Crippen molar-refractivity contribution < 1.29 is 5.11 Å². The van der Waals surface area contributed by atoms with Gasteiger partial charge in [-0.25, -0.2) is 0 Å². The van der Waals surface area contributed by atoms with Crippen molar-refractivity contribution in [3.63, 3.8) is 0 Å². The van der Waals surface area contributed by atoms with Crippen LogP contribution in [0.3, 0.4) is 0 Å². The molecule has 1 rings (SSSR count). The minimum atomic E-state index is -0.399. The molecule has 0 aromatic carbocycles. The van der Waals surface area contributed by atoms with Crippen LogP contribution in [0.15, 0.2) is 0 Å². The largest absolute Gasteiger partial charge is 0.390 e. The number of aliphatic hydroxyl groups is 1. The molecule has 1 atom stereocenters. The Morgan fingerprint density at radius 2 is 1.94 bits per heavy atom. The average molecular weight is 227 g/mol. The number of unbranched alkanes of at least 4 members (excludes halogenated alkanes) is 1. The highest BCUT2D eigenvalue weighted by Gasteiger charge is 2.33. The molecule has 1 fully saturated rings. The fourth-order valence-corrected chi connectivity index (χ4v) is 2.86. The molecule has 0 amide bonds. The molecule has 0 aromatic rings. The van der Waals surface area contributed by atoms with E-state index in [1.165, 1.54) is 25.7 Å². The summed E-state index contributed by atoms with van der Waals surface area (Å²) in [6, 6.07) is 0.330. The highest BCUT2D eigenvalue weighted by molar-refractivity contribution is 4.88. The van der Waals surface area contributed by atoms with E-state index in [9.17, 15) is 5.11 Å². The van der Waals surface area contributed by atoms with Gasteiger partial charge in [-0.15, -0.1) is 0 Å². The van der Waals surface area contributed by atoms with Crippen LogP contribution < -0.4 is 5.73 Å². The standard InChI is InChI=1S/C14H29NO/c1-3-5-6-12(4-2)11-14(16)9-7-13(15)8-10-14/h12-13,16H,3-11,15H2,1-2H3. The number of nitrogens with two attached hydrogens (primary N) is 1. The molecule has 0 spiro atoms. The van der Waals surface area contributed by atoms with Gasteiger partial charge in [0.1, 0.15) is 0 Å². The molecule has 0 aromatic heterocycles. The summed E-state index contributed by atoms with van der Waals surface area (Å²) in [6.45, 7) is 4.49. The number of rotatable bonds is 6. The van der Waals surface area contributed by atoms with E-state index in [2.05, 4.69) is 13.8 Å². The van der Waals surface area contributed by atoms with E-state index in [1.807, 2.05) is 0 Å². The molecule has 1 saturated carbocycles. The molecular formula is C14H29NO. The van der Waals surface area contributed by atoms with E-state index < -0.39 is 5.60 Å². The molecule has 0 saturated heterocycles. The molecule has 3 N–H and O–H groups in total. The molecule has 0 radical (unpaired) electrons. The fourth-order valence-electron chi connectivity index (χ4n) is 2.86. The third-order valence-electron chi connectivity index (χ3n) is 4.17. The van der Waals surface area contributed by atoms with Crippen molar-refractivity contribution in [3.05, 3.63) is 0 Å². The third kappa shape index (κ3) is 4.42. The third-order valence-corrected chi connectivity index (χ3v) is 4.17. The first-order chi connectivity index (χ1) is 7.59. The summed E-state index contributed by atoms with van der Waals surface area (Å²) in [5.74, 6) is 0.708. The Kier molecular flexibility index (Phi) is 5.77. The Balaban J connectivity index is 2.37. The van der Waals surface area contributed by atoms with Crippen LogP contribution in [0.25, 0.3) is 0 Å². The van der Waals surface area contributed by atoms with Gasteiger partial charge < -0.3 is 10.8 Å². The van der Waals surface area contributed by atoms with E-state index in [-0.39, 0.29) is 0 Å². The Labute approximate surface area is 101 Å². The van der Waals surface area contributed by atoms with Gasteiger partial charge in [0.25, 0.3) is 0 Å². The van der Waals surface area contributed by atoms with E-state index in [1.54, 1.807) is 0 Å². The highest BCUT2D eigenvalue weighted by atomic mass is 16.3. The lowest BCUT2D eigenvalue weighted by atomic mass is 9.75. The van der Waals surface area contributed by atoms with Crippen molar-refractivity contribution in [2.24, 2.45) is 11.7 Å². The van der Waals surface area contributed by atoms with Crippen molar-refractivity contribution in [1.82, 2.24) is 0 Å². The zero-order valence-electron chi connectivity index (χ0n) is 11.0. The molecule has 96 valence electrons. The predicted octanol–water partition coefficient (Wildman–Crippen LogP) is 3.23. The van der Waals surface area contributed by atoms with Crippen LogP contribution >= 0.6 is 0 Å². The van der Waals surface area contributed by atoms with Crippen molar-refractivity contribution in [1.29, 1.82) is 0 Å². The molecule has 1 unspecified atom stereocenters. The van der Waals surface area contributed by atoms with E-state index in [0.29, 0.717) is 12.0 Å². The SMILES string of the molecule is CCCCC(CC)CC1(O)CCC(N)CC1. The summed E-state index contributed by atoms with van der Waals surface area (Å²) in [5, 5.41) is 10.5. The maximum atomic E-state index is 10.5. The van der Waals surface area contributed by atoms with E-state index >= 15 is 0 Å². The maximum Gasteiger partial charge on any atom is 0.0651 e. The molecular weight excluding hydrogens is 198 g/mol. The van der Waals surface area contributed by atoms with Crippen LogP contribution in [0.4, 0.5) is 0 Å². The summed E-state index contributed by atoms with van der Waals surface area (Å²) in [6.07, 6.45) is 9.87. The first-order valence-electron chi connectivity index (χ1n) is 7.07. The Morgan fingerprint density at radius 1 is 1.31 bits per heavy atom. The van der Waals surface area contributed by atoms with Gasteiger partial charge in [-0.3, -0.25) is 0 Å². The minimum absolute atomic E-state index is 0.330. The first kappa shape index (κ1) is 14.0. The second-order valence-corrected chi connectivity index (χ2v) is 5.68. The lowest BCUT2D eigenvalue weighted by molar-refractivity contribution is -0.0229. The smallest absolute Gasteiger partial charge is 0.0651 e. The number of hydrogen-bond acceptors (Lipinski definition) is 2. The molecule has 1 aliphatic rings. The highest BCUT2D eigenvalue weighted by Crippen LogP contribution is 2.35. The summed E-state index contributed by atoms with van der Waals surface area (Å²) in [5.41, 5.74) is 5.49. The molecule has 0 aliphatic heterocycles. The lowest BCUT2D eigenvalue weighted by Gasteiger charge is -2.37. The summed E-state index contributed by atoms with van der Waals surface area (Å²) < 4.78 is 0. The zero-order chi connectivity index (χ0) is 12.0. The summed E-state index contributed by atoms with van der Waals surface area (Å²) in [7, 11) is 0. The second kappa shape index (κ2) is 6.61. The van der Waals surface area contributed by atoms with Gasteiger partial charge in [-0.05, 0) is 38.0 Å². The lowest BCUT2D eigenvalue weighted by Crippen LogP contribution is -2.40. The van der Waals surface area contributed by atoms with E-state index in [0.717, 1.165) is 32.1 Å². The van der Waals surface area contributed by atoms with Gasteiger partial charge in [0.05, 0.1) is 5.60 Å². The Hall–Kier alpha value is -0.0800. The van der Waals surface area contributed by atoms with Crippen molar-refractivity contribution >= 4 is 0 Å². The van der Waals surface area contributed by atoms with E-state index in [4.69, 9.17) is 5.73 Å². The van der Waals surface area contributed by atoms with Crippen LogP contribution in [-0.2, 0) is 0 Å². The van der Waals surface area contributed by atoms with Crippen LogP contribution in [0, 0.1) is 5.92 Å². The van der Waals surface area contributed by atoms with Gasteiger partial charge in [-0.2, -0.15) is 0 Å². The normalized spacial score (nSPS) is 32.6. The van der Waals surface area contributed by atoms with Gasteiger partial charge in [-0.1, -0.05) is 39.5 Å². The topological polar surface area (TPSA) is 46.2 Å². The summed E-state index contributed by atoms with van der Waals surface area (Å²) in [4.78, 5) is 0. The van der Waals surface area contributed by atoms with Gasteiger partial charge in [0, 0.05) is 6.04 Å². The fraction of sp³-hybridized carbons (Fsp3) is 1.00. The van der Waals surface area contributed by atoms with Crippen LogP contribution in [0.2, 0.25) is 0 Å². The Bertz CT molecular complexity index is 185. The van der Waals surface area contributed by atoms with Crippen molar-refractivity contribution in [2.45, 2.75) is 83.3 Å². The molecule has 1 aliphatic carbocycles. The number of hydrogen-bond donors (Lipinski definition) is 2. The minimum Gasteiger partial charge on any atom is -0.390 e. The second-order valence-electron chi connectivity index (χ2n) is 5.68. The first-order valence-corrected chi connectivity index (χ1v) is 7.07. The molecule has 2 nitrogen and oxygen atoms in total. The zero-order valence-corrected chi connectivity index (χ0v) is 11.0. The van der Waals surface area contributed by atoms with Crippen LogP contribution in [0.1, 0.15) is 71.6 Å². The van der Waals surface area contributed by atoms with Crippen molar-refractivity contribution in [3.8, 4) is 0 Å².